The van der Waals surface area contributed by atoms with E-state index < -0.39 is 11.9 Å². The number of halogens is 2. The molecule has 1 aliphatic rings. The molecule has 1 aliphatic heterocycles. The third-order valence-electron chi connectivity index (χ3n) is 1.68. The van der Waals surface area contributed by atoms with Gasteiger partial charge in [0.25, 0.3) is 0 Å². The number of carbonyl (C=O) groups excluding carboxylic acids is 2. The van der Waals surface area contributed by atoms with E-state index in [9.17, 15) is 9.59 Å². The highest BCUT2D eigenvalue weighted by molar-refractivity contribution is 6.39. The first-order valence-electron chi connectivity index (χ1n) is 3.35. The van der Waals surface area contributed by atoms with Crippen molar-refractivity contribution in [3.63, 3.8) is 0 Å². The van der Waals surface area contributed by atoms with Crippen molar-refractivity contribution in [2.24, 2.45) is 0 Å². The number of hydrogen-bond acceptors (Lipinski definition) is 3. The summed E-state index contributed by atoms with van der Waals surface area (Å²) in [6.07, 6.45) is 0. The molecule has 1 heterocycles. The van der Waals surface area contributed by atoms with Crippen molar-refractivity contribution >= 4 is 35.1 Å². The SMILES string of the molecule is O=C1OC(=O)c2cc1c(Cl)cc2Cl. The zero-order chi connectivity index (χ0) is 9.59. The van der Waals surface area contributed by atoms with E-state index in [0.717, 1.165) is 0 Å². The minimum Gasteiger partial charge on any atom is -0.386 e. The summed E-state index contributed by atoms with van der Waals surface area (Å²) in [6, 6.07) is 2.69. The van der Waals surface area contributed by atoms with E-state index >= 15 is 0 Å². The Morgan fingerprint density at radius 2 is 1.38 bits per heavy atom. The van der Waals surface area contributed by atoms with Gasteiger partial charge in [-0.3, -0.25) is 0 Å². The normalized spacial score (nSPS) is 14.3. The summed E-state index contributed by atoms with van der Waals surface area (Å²) in [5.74, 6) is -1.47. The van der Waals surface area contributed by atoms with Gasteiger partial charge in [-0.15, -0.1) is 0 Å². The monoisotopic (exact) mass is 216 g/mol. The molecule has 0 saturated carbocycles. The van der Waals surface area contributed by atoms with E-state index in [1.165, 1.54) is 12.1 Å². The Balaban J connectivity index is 2.76. The summed E-state index contributed by atoms with van der Waals surface area (Å²) >= 11 is 11.4. The maximum absolute atomic E-state index is 11.0. The second-order valence-electron chi connectivity index (χ2n) is 2.49. The van der Waals surface area contributed by atoms with Crippen LogP contribution in [0.4, 0.5) is 0 Å². The average Bonchev–Trinajstić information content (AvgIpc) is 2.02. The Morgan fingerprint density at radius 1 is 0.923 bits per heavy atom. The van der Waals surface area contributed by atoms with Gasteiger partial charge in [0, 0.05) is 0 Å². The zero-order valence-electron chi connectivity index (χ0n) is 6.14. The van der Waals surface area contributed by atoms with Gasteiger partial charge >= 0.3 is 11.9 Å². The first-order valence-corrected chi connectivity index (χ1v) is 4.11. The molecule has 3 nitrogen and oxygen atoms in total. The van der Waals surface area contributed by atoms with Gasteiger partial charge in [-0.2, -0.15) is 0 Å². The van der Waals surface area contributed by atoms with Gasteiger partial charge in [-0.1, -0.05) is 23.2 Å². The van der Waals surface area contributed by atoms with E-state index in [2.05, 4.69) is 4.74 Å². The van der Waals surface area contributed by atoms with Gasteiger partial charge in [0.15, 0.2) is 0 Å². The molecular formula is C8H2Cl2O3. The van der Waals surface area contributed by atoms with Crippen LogP contribution >= 0.6 is 23.2 Å². The Kier molecular flexibility index (Phi) is 1.78. The van der Waals surface area contributed by atoms with Crippen LogP contribution in [0.5, 0.6) is 0 Å². The molecule has 1 aromatic carbocycles. The lowest BCUT2D eigenvalue weighted by atomic mass is 10.1. The maximum Gasteiger partial charge on any atom is 0.347 e. The molecule has 0 N–H and O–H groups in total. The van der Waals surface area contributed by atoms with Gasteiger partial charge in [0.05, 0.1) is 21.2 Å². The van der Waals surface area contributed by atoms with Crippen LogP contribution in [-0.4, -0.2) is 11.9 Å². The molecule has 1 aromatic rings. The smallest absolute Gasteiger partial charge is 0.347 e. The number of hydrogen-bond donors (Lipinski definition) is 0. The molecule has 0 fully saturated rings. The van der Waals surface area contributed by atoms with Crippen molar-refractivity contribution < 1.29 is 14.3 Å². The number of benzene rings is 1. The van der Waals surface area contributed by atoms with E-state index in [0.29, 0.717) is 0 Å². The van der Waals surface area contributed by atoms with E-state index in [-0.39, 0.29) is 21.2 Å². The second kappa shape index (κ2) is 2.72. The number of rotatable bonds is 0. The maximum atomic E-state index is 11.0. The predicted octanol–water partition coefficient (Wildman–Crippen LogP) is 2.30. The van der Waals surface area contributed by atoms with Crippen LogP contribution < -0.4 is 0 Å². The summed E-state index contributed by atoms with van der Waals surface area (Å²) in [5, 5.41) is 0.373. The molecule has 13 heavy (non-hydrogen) atoms. The molecule has 0 radical (unpaired) electrons. The van der Waals surface area contributed by atoms with Crippen LogP contribution in [0.15, 0.2) is 12.1 Å². The molecule has 2 bridgehead atoms. The molecule has 0 unspecified atom stereocenters. The van der Waals surface area contributed by atoms with Gasteiger partial charge < -0.3 is 4.74 Å². The Morgan fingerprint density at radius 3 is 1.85 bits per heavy atom. The second-order valence-corrected chi connectivity index (χ2v) is 3.30. The quantitative estimate of drug-likeness (QED) is 0.494. The Bertz CT molecular complexity index is 390. The van der Waals surface area contributed by atoms with Crippen molar-refractivity contribution in [2.75, 3.05) is 0 Å². The summed E-state index contributed by atoms with van der Waals surface area (Å²) in [7, 11) is 0. The van der Waals surface area contributed by atoms with Gasteiger partial charge in [0.2, 0.25) is 0 Å². The van der Waals surface area contributed by atoms with Gasteiger partial charge in [-0.05, 0) is 12.1 Å². The Labute approximate surface area is 83.2 Å². The van der Waals surface area contributed by atoms with Gasteiger partial charge in [-0.25, -0.2) is 9.59 Å². The standard InChI is InChI=1S/C8H2Cl2O3/c9-5-2-6(10)4-1-3(5)7(11)13-8(4)12/h1-2H. The number of carbonyl (C=O) groups is 2. The lowest BCUT2D eigenvalue weighted by Gasteiger charge is -2.13. The fourth-order valence-corrected chi connectivity index (χ4v) is 1.59. The van der Waals surface area contributed by atoms with Gasteiger partial charge in [0.1, 0.15) is 0 Å². The number of fused-ring (bicyclic) bond motifs is 2. The fraction of sp³-hybridized carbons (Fsp3) is 0. The minimum absolute atomic E-state index is 0.167. The lowest BCUT2D eigenvalue weighted by Crippen LogP contribution is -2.19. The van der Waals surface area contributed by atoms with E-state index in [4.69, 9.17) is 23.2 Å². The molecule has 0 saturated heterocycles. The van der Waals surface area contributed by atoms with Crippen LogP contribution in [0.2, 0.25) is 10.0 Å². The molecule has 0 amide bonds. The third kappa shape index (κ3) is 1.20. The van der Waals surface area contributed by atoms with Crippen LogP contribution in [0.3, 0.4) is 0 Å². The van der Waals surface area contributed by atoms with Crippen LogP contribution in [0.1, 0.15) is 20.7 Å². The molecule has 0 spiro atoms. The molecular weight excluding hydrogens is 215 g/mol. The predicted molar refractivity (Wildman–Crippen MR) is 46.2 cm³/mol. The molecule has 2 rings (SSSR count). The summed E-state index contributed by atoms with van der Waals surface area (Å²) in [4.78, 5) is 22.1. The summed E-state index contributed by atoms with van der Waals surface area (Å²) in [5.41, 5.74) is 0.335. The van der Waals surface area contributed by atoms with Crippen molar-refractivity contribution in [1.82, 2.24) is 0 Å². The zero-order valence-corrected chi connectivity index (χ0v) is 7.65. The number of esters is 2. The first-order chi connectivity index (χ1) is 6.09. The Hall–Kier alpha value is -1.06. The van der Waals surface area contributed by atoms with Crippen molar-refractivity contribution in [3.05, 3.63) is 33.3 Å². The van der Waals surface area contributed by atoms with Crippen molar-refractivity contribution in [1.29, 1.82) is 0 Å². The topological polar surface area (TPSA) is 43.4 Å². The van der Waals surface area contributed by atoms with Crippen LogP contribution in [-0.2, 0) is 4.74 Å². The molecule has 0 atom stereocenters. The number of cyclic esters (lactones) is 2. The fourth-order valence-electron chi connectivity index (χ4n) is 1.06. The van der Waals surface area contributed by atoms with Crippen LogP contribution in [0.25, 0.3) is 0 Å². The third-order valence-corrected chi connectivity index (χ3v) is 2.31. The highest BCUT2D eigenvalue weighted by atomic mass is 35.5. The summed E-state index contributed by atoms with van der Waals surface area (Å²) in [6.45, 7) is 0. The molecule has 66 valence electrons. The van der Waals surface area contributed by atoms with Crippen molar-refractivity contribution in [3.8, 4) is 0 Å². The number of ether oxygens (including phenoxy) is 1. The first kappa shape index (κ1) is 8.53. The highest BCUT2D eigenvalue weighted by Crippen LogP contribution is 2.29. The van der Waals surface area contributed by atoms with Crippen LogP contribution in [0, 0.1) is 0 Å². The molecule has 5 heteroatoms. The van der Waals surface area contributed by atoms with E-state index in [1.807, 2.05) is 0 Å². The largest absolute Gasteiger partial charge is 0.386 e. The average molecular weight is 217 g/mol. The summed E-state index contributed by atoms with van der Waals surface area (Å²) < 4.78 is 4.38. The van der Waals surface area contributed by atoms with Crippen molar-refractivity contribution in [2.45, 2.75) is 0 Å². The molecule has 0 aliphatic carbocycles. The lowest BCUT2D eigenvalue weighted by molar-refractivity contribution is 0.0385. The highest BCUT2D eigenvalue weighted by Gasteiger charge is 2.27. The molecule has 0 aromatic heterocycles. The minimum atomic E-state index is -0.737. The van der Waals surface area contributed by atoms with E-state index in [1.54, 1.807) is 0 Å².